The first-order valence-corrected chi connectivity index (χ1v) is 9.46. The molecule has 0 aliphatic carbocycles. The summed E-state index contributed by atoms with van der Waals surface area (Å²) < 4.78 is 3.75. The minimum Gasteiger partial charge on any atom is -0.332 e. The molecule has 5 heterocycles. The molecule has 6 nitrogen and oxygen atoms in total. The Labute approximate surface area is 162 Å². The molecule has 0 aromatic carbocycles. The van der Waals surface area contributed by atoms with E-state index in [0.29, 0.717) is 5.82 Å². The van der Waals surface area contributed by atoms with Crippen molar-refractivity contribution < 1.29 is 0 Å². The Kier molecular flexibility index (Phi) is 3.87. The molecule has 0 atom stereocenters. The summed E-state index contributed by atoms with van der Waals surface area (Å²) in [5.74, 6) is 0.636. The number of hydrogen-bond acceptors (Lipinski definition) is 4. The third-order valence-electron chi connectivity index (χ3n) is 5.51. The van der Waals surface area contributed by atoms with Gasteiger partial charge in [-0.15, -0.1) is 0 Å². The van der Waals surface area contributed by atoms with Crippen LogP contribution in [-0.2, 0) is 20.0 Å². The average molecular weight is 371 g/mol. The molecule has 4 aromatic rings. The summed E-state index contributed by atoms with van der Waals surface area (Å²) in [6, 6.07) is 11.5. The number of aromatic nitrogens is 4. The monoisotopic (exact) mass is 371 g/mol. The van der Waals surface area contributed by atoms with E-state index in [9.17, 15) is 4.79 Å². The van der Waals surface area contributed by atoms with Crippen molar-refractivity contribution in [3.63, 3.8) is 0 Å². The van der Waals surface area contributed by atoms with Gasteiger partial charge in [0, 0.05) is 67.4 Å². The summed E-state index contributed by atoms with van der Waals surface area (Å²) >= 11 is 0. The predicted octanol–water partition coefficient (Wildman–Crippen LogP) is 2.74. The van der Waals surface area contributed by atoms with Gasteiger partial charge in [-0.05, 0) is 42.3 Å². The number of hydrogen-bond donors (Lipinski definition) is 1. The Balaban J connectivity index is 1.59. The van der Waals surface area contributed by atoms with Gasteiger partial charge in [0.1, 0.15) is 11.5 Å². The summed E-state index contributed by atoms with van der Waals surface area (Å²) in [7, 11) is 2.06. The van der Waals surface area contributed by atoms with Crippen molar-refractivity contribution >= 4 is 11.0 Å². The normalized spacial score (nSPS) is 13.6. The van der Waals surface area contributed by atoms with Crippen LogP contribution in [0.1, 0.15) is 17.0 Å². The molecular formula is C22H21N5O. The fourth-order valence-electron chi connectivity index (χ4n) is 3.97. The molecule has 0 radical (unpaired) electrons. The lowest BCUT2D eigenvalue weighted by atomic mass is 10.1. The van der Waals surface area contributed by atoms with E-state index in [-0.39, 0.29) is 5.56 Å². The lowest BCUT2D eigenvalue weighted by molar-refractivity contribution is 0.621. The largest absolute Gasteiger partial charge is 0.332 e. The zero-order chi connectivity index (χ0) is 19.3. The summed E-state index contributed by atoms with van der Waals surface area (Å²) in [6.45, 7) is 3.80. The number of fused-ring (bicyclic) bond motifs is 3. The molecule has 0 unspecified atom stereocenters. The van der Waals surface area contributed by atoms with Crippen LogP contribution in [0.25, 0.3) is 28.0 Å². The van der Waals surface area contributed by atoms with E-state index in [1.807, 2.05) is 31.2 Å². The van der Waals surface area contributed by atoms with Gasteiger partial charge in [-0.2, -0.15) is 0 Å². The van der Waals surface area contributed by atoms with E-state index in [4.69, 9.17) is 4.98 Å². The van der Waals surface area contributed by atoms with Crippen molar-refractivity contribution in [2.24, 2.45) is 7.05 Å². The van der Waals surface area contributed by atoms with Crippen LogP contribution in [0.2, 0.25) is 0 Å². The lowest BCUT2D eigenvalue weighted by Crippen LogP contribution is -2.24. The van der Waals surface area contributed by atoms with Gasteiger partial charge in [-0.1, -0.05) is 6.07 Å². The van der Waals surface area contributed by atoms with E-state index in [1.54, 1.807) is 23.0 Å². The third-order valence-corrected chi connectivity index (χ3v) is 5.51. The highest BCUT2D eigenvalue weighted by atomic mass is 16.1. The van der Waals surface area contributed by atoms with Crippen molar-refractivity contribution in [3.8, 4) is 16.9 Å². The molecular weight excluding hydrogens is 350 g/mol. The molecule has 1 aliphatic heterocycles. The smallest absolute Gasteiger partial charge is 0.256 e. The van der Waals surface area contributed by atoms with Crippen molar-refractivity contribution in [2.45, 2.75) is 19.9 Å². The molecule has 0 fully saturated rings. The third kappa shape index (κ3) is 2.65. The van der Waals surface area contributed by atoms with Crippen LogP contribution in [0, 0.1) is 6.92 Å². The summed E-state index contributed by atoms with van der Waals surface area (Å²) in [5, 5.41) is 4.58. The molecule has 0 saturated carbocycles. The number of aryl methyl sites for hydroxylation is 2. The van der Waals surface area contributed by atoms with Gasteiger partial charge in [0.25, 0.3) is 5.56 Å². The molecule has 0 saturated heterocycles. The second-order valence-corrected chi connectivity index (χ2v) is 7.26. The van der Waals surface area contributed by atoms with Crippen molar-refractivity contribution in [1.82, 2.24) is 24.4 Å². The molecule has 5 rings (SSSR count). The van der Waals surface area contributed by atoms with E-state index < -0.39 is 0 Å². The number of rotatable bonds is 2. The summed E-state index contributed by atoms with van der Waals surface area (Å²) in [4.78, 5) is 21.9. The Morgan fingerprint density at radius 3 is 2.79 bits per heavy atom. The molecule has 0 bridgehead atoms. The topological polar surface area (TPSA) is 64.7 Å². The van der Waals surface area contributed by atoms with Crippen LogP contribution in [0.3, 0.4) is 0 Å². The fraction of sp³-hybridized carbons (Fsp3) is 0.227. The number of nitrogens with zero attached hydrogens (tertiary/aromatic N) is 4. The Morgan fingerprint density at radius 2 is 2.00 bits per heavy atom. The second kappa shape index (κ2) is 6.42. The maximum absolute atomic E-state index is 12.8. The Morgan fingerprint density at radius 1 is 1.11 bits per heavy atom. The zero-order valence-corrected chi connectivity index (χ0v) is 15.9. The molecule has 28 heavy (non-hydrogen) atoms. The molecule has 0 amide bonds. The fourth-order valence-corrected chi connectivity index (χ4v) is 3.97. The molecule has 140 valence electrons. The summed E-state index contributed by atoms with van der Waals surface area (Å²) in [6.07, 6.45) is 4.58. The quantitative estimate of drug-likeness (QED) is 0.588. The van der Waals surface area contributed by atoms with Crippen molar-refractivity contribution in [2.75, 3.05) is 6.54 Å². The molecule has 1 aliphatic rings. The van der Waals surface area contributed by atoms with E-state index in [2.05, 4.69) is 28.0 Å². The first kappa shape index (κ1) is 16.9. The molecule has 1 N–H and O–H groups in total. The molecule has 0 spiro atoms. The highest BCUT2D eigenvalue weighted by Gasteiger charge is 2.19. The predicted molar refractivity (Wildman–Crippen MR) is 110 cm³/mol. The average Bonchev–Trinajstić information content (AvgIpc) is 3.01. The van der Waals surface area contributed by atoms with Crippen LogP contribution in [0.5, 0.6) is 0 Å². The minimum atomic E-state index is -0.106. The van der Waals surface area contributed by atoms with Gasteiger partial charge in [-0.25, -0.2) is 4.98 Å². The van der Waals surface area contributed by atoms with E-state index in [0.717, 1.165) is 47.4 Å². The van der Waals surface area contributed by atoms with Crippen LogP contribution >= 0.6 is 0 Å². The van der Waals surface area contributed by atoms with Gasteiger partial charge in [0.05, 0.1) is 0 Å². The van der Waals surface area contributed by atoms with Gasteiger partial charge in [0.15, 0.2) is 0 Å². The van der Waals surface area contributed by atoms with Crippen LogP contribution < -0.4 is 10.9 Å². The lowest BCUT2D eigenvalue weighted by Gasteiger charge is -2.14. The SMILES string of the molecule is Cc1ccc(-c2ccn(-c3ccc4c5c(n(C)c4n3)CCNC5)c(=O)c2)cn1. The molecule has 6 heteroatoms. The first-order chi connectivity index (χ1) is 13.6. The Bertz CT molecular complexity index is 1250. The maximum Gasteiger partial charge on any atom is 0.256 e. The second-order valence-electron chi connectivity index (χ2n) is 7.26. The van der Waals surface area contributed by atoms with Crippen LogP contribution in [0.4, 0.5) is 0 Å². The van der Waals surface area contributed by atoms with Crippen LogP contribution in [0.15, 0.2) is 53.6 Å². The van der Waals surface area contributed by atoms with Crippen LogP contribution in [-0.4, -0.2) is 25.6 Å². The Hall–Kier alpha value is -3.25. The zero-order valence-electron chi connectivity index (χ0n) is 15.9. The standard InChI is InChI=1S/C22H21N5O/c1-14-3-4-16(12-24-14)15-8-10-27(21(28)11-15)20-6-5-17-18-13-23-9-7-19(18)26(2)22(17)25-20/h3-6,8,10-12,23H,7,9,13H2,1-2H3. The molecule has 4 aromatic heterocycles. The first-order valence-electron chi connectivity index (χ1n) is 9.46. The number of pyridine rings is 3. The minimum absolute atomic E-state index is 0.106. The van der Waals surface area contributed by atoms with E-state index >= 15 is 0 Å². The maximum atomic E-state index is 12.8. The summed E-state index contributed by atoms with van der Waals surface area (Å²) in [5.41, 5.74) is 6.20. The van der Waals surface area contributed by atoms with E-state index in [1.165, 1.54) is 11.3 Å². The van der Waals surface area contributed by atoms with Crippen molar-refractivity contribution in [1.29, 1.82) is 0 Å². The van der Waals surface area contributed by atoms with Gasteiger partial charge in [0.2, 0.25) is 0 Å². The van der Waals surface area contributed by atoms with Gasteiger partial charge < -0.3 is 9.88 Å². The van der Waals surface area contributed by atoms with Gasteiger partial charge >= 0.3 is 0 Å². The highest BCUT2D eigenvalue weighted by Crippen LogP contribution is 2.27. The highest BCUT2D eigenvalue weighted by molar-refractivity contribution is 5.83. The van der Waals surface area contributed by atoms with Gasteiger partial charge in [-0.3, -0.25) is 14.3 Å². The van der Waals surface area contributed by atoms with Crippen molar-refractivity contribution in [3.05, 3.63) is 76.1 Å². The number of nitrogens with one attached hydrogen (secondary N) is 1.